The largest absolute Gasteiger partial charge is 0.444 e. The van der Waals surface area contributed by atoms with E-state index in [0.29, 0.717) is 12.4 Å². The lowest BCUT2D eigenvalue weighted by molar-refractivity contribution is -0.125. The minimum absolute atomic E-state index is 0.0874. The van der Waals surface area contributed by atoms with Crippen LogP contribution in [0.25, 0.3) is 0 Å². The van der Waals surface area contributed by atoms with Crippen molar-refractivity contribution in [2.75, 3.05) is 13.1 Å². The number of nitrogens with zero attached hydrogens (tertiary/aromatic N) is 1. The molecule has 0 aromatic carbocycles. The quantitative estimate of drug-likeness (QED) is 0.814. The van der Waals surface area contributed by atoms with Crippen molar-refractivity contribution in [3.05, 3.63) is 17.8 Å². The number of carbonyl (C=O) groups is 1. The van der Waals surface area contributed by atoms with Crippen LogP contribution < -0.4 is 10.6 Å². The molecule has 5 heteroatoms. The van der Waals surface area contributed by atoms with E-state index in [4.69, 9.17) is 4.42 Å². The third kappa shape index (κ3) is 3.30. The highest BCUT2D eigenvalue weighted by Crippen LogP contribution is 2.10. The lowest BCUT2D eigenvalue weighted by atomic mass is 9.99. The van der Waals surface area contributed by atoms with Crippen LogP contribution in [0.15, 0.2) is 10.6 Å². The fourth-order valence-electron chi connectivity index (χ4n) is 1.98. The number of amides is 1. The molecule has 1 aliphatic rings. The van der Waals surface area contributed by atoms with Gasteiger partial charge in [0.1, 0.15) is 5.76 Å². The van der Waals surface area contributed by atoms with Gasteiger partial charge in [-0.05, 0) is 19.4 Å². The second-order valence-corrected chi connectivity index (χ2v) is 4.33. The van der Waals surface area contributed by atoms with Crippen LogP contribution in [0.2, 0.25) is 0 Å². The Labute approximate surface area is 101 Å². The van der Waals surface area contributed by atoms with E-state index in [-0.39, 0.29) is 11.8 Å². The Hall–Kier alpha value is -1.36. The first kappa shape index (κ1) is 12.1. The van der Waals surface area contributed by atoms with Gasteiger partial charge in [-0.25, -0.2) is 4.98 Å². The van der Waals surface area contributed by atoms with Crippen molar-refractivity contribution in [2.24, 2.45) is 5.92 Å². The average Bonchev–Trinajstić information content (AvgIpc) is 2.85. The fourth-order valence-corrected chi connectivity index (χ4v) is 1.98. The molecule has 1 fully saturated rings. The van der Waals surface area contributed by atoms with Crippen LogP contribution >= 0.6 is 0 Å². The molecule has 1 aliphatic heterocycles. The Morgan fingerprint density at radius 3 is 3.24 bits per heavy atom. The summed E-state index contributed by atoms with van der Waals surface area (Å²) in [5.41, 5.74) is 0. The van der Waals surface area contributed by atoms with Crippen molar-refractivity contribution in [2.45, 2.75) is 32.7 Å². The van der Waals surface area contributed by atoms with E-state index < -0.39 is 0 Å². The first-order chi connectivity index (χ1) is 8.29. The van der Waals surface area contributed by atoms with Gasteiger partial charge in [-0.1, -0.05) is 6.92 Å². The zero-order valence-electron chi connectivity index (χ0n) is 10.2. The number of carbonyl (C=O) groups excluding carboxylic acids is 1. The van der Waals surface area contributed by atoms with E-state index in [1.807, 2.05) is 6.92 Å². The van der Waals surface area contributed by atoms with Crippen LogP contribution in [0, 0.1) is 5.92 Å². The molecule has 0 spiro atoms. The van der Waals surface area contributed by atoms with E-state index in [1.54, 1.807) is 6.20 Å². The highest BCUT2D eigenvalue weighted by atomic mass is 16.4. The van der Waals surface area contributed by atoms with Crippen LogP contribution in [0.1, 0.15) is 31.4 Å². The number of piperidine rings is 1. The zero-order chi connectivity index (χ0) is 12.1. The van der Waals surface area contributed by atoms with E-state index in [0.717, 1.165) is 38.1 Å². The summed E-state index contributed by atoms with van der Waals surface area (Å²) in [6, 6.07) is 0. The number of oxazole rings is 1. The molecule has 1 aromatic heterocycles. The summed E-state index contributed by atoms with van der Waals surface area (Å²) in [4.78, 5) is 15.9. The van der Waals surface area contributed by atoms with Crippen molar-refractivity contribution in [1.82, 2.24) is 15.6 Å². The van der Waals surface area contributed by atoms with Crippen LogP contribution in [-0.4, -0.2) is 24.0 Å². The molecule has 0 saturated carbocycles. The molecule has 1 aromatic rings. The van der Waals surface area contributed by atoms with Gasteiger partial charge in [0.05, 0.1) is 18.7 Å². The van der Waals surface area contributed by atoms with Crippen LogP contribution in [-0.2, 0) is 17.8 Å². The van der Waals surface area contributed by atoms with E-state index in [9.17, 15) is 4.79 Å². The Balaban J connectivity index is 1.78. The van der Waals surface area contributed by atoms with Gasteiger partial charge in [0, 0.05) is 13.0 Å². The summed E-state index contributed by atoms with van der Waals surface area (Å²) in [5.74, 6) is 1.62. The maximum absolute atomic E-state index is 11.8. The van der Waals surface area contributed by atoms with Crippen molar-refractivity contribution in [3.63, 3.8) is 0 Å². The van der Waals surface area contributed by atoms with Crippen molar-refractivity contribution in [3.8, 4) is 0 Å². The third-order valence-electron chi connectivity index (χ3n) is 3.03. The van der Waals surface area contributed by atoms with Crippen molar-refractivity contribution in [1.29, 1.82) is 0 Å². The lowest BCUT2D eigenvalue weighted by Gasteiger charge is -2.21. The first-order valence-corrected chi connectivity index (χ1v) is 6.21. The van der Waals surface area contributed by atoms with Gasteiger partial charge in [0.25, 0.3) is 0 Å². The maximum Gasteiger partial charge on any atom is 0.224 e. The Kier molecular flexibility index (Phi) is 4.14. The molecule has 1 amide bonds. The summed E-state index contributed by atoms with van der Waals surface area (Å²) < 4.78 is 5.43. The lowest BCUT2D eigenvalue weighted by Crippen LogP contribution is -2.40. The molecule has 1 atom stereocenters. The van der Waals surface area contributed by atoms with Gasteiger partial charge in [-0.3, -0.25) is 4.79 Å². The van der Waals surface area contributed by atoms with Gasteiger partial charge in [-0.2, -0.15) is 0 Å². The number of aromatic nitrogens is 1. The Bertz CT molecular complexity index is 370. The molecule has 2 N–H and O–H groups in total. The second kappa shape index (κ2) is 5.82. The molecule has 2 rings (SSSR count). The molecule has 1 saturated heterocycles. The summed E-state index contributed by atoms with van der Waals surface area (Å²) in [5, 5.41) is 6.10. The summed E-state index contributed by atoms with van der Waals surface area (Å²) in [7, 11) is 0. The molecule has 5 nitrogen and oxygen atoms in total. The predicted octanol–water partition coefficient (Wildman–Crippen LogP) is 0.853. The van der Waals surface area contributed by atoms with Crippen LogP contribution in [0.5, 0.6) is 0 Å². The molecule has 0 bridgehead atoms. The van der Waals surface area contributed by atoms with Gasteiger partial charge in [-0.15, -0.1) is 0 Å². The van der Waals surface area contributed by atoms with Crippen LogP contribution in [0.4, 0.5) is 0 Å². The molecule has 0 unspecified atom stereocenters. The summed E-state index contributed by atoms with van der Waals surface area (Å²) in [6.07, 6.45) is 4.57. The summed E-state index contributed by atoms with van der Waals surface area (Å²) >= 11 is 0. The van der Waals surface area contributed by atoms with Gasteiger partial charge in [0.2, 0.25) is 11.8 Å². The molecule has 2 heterocycles. The predicted molar refractivity (Wildman–Crippen MR) is 63.3 cm³/mol. The van der Waals surface area contributed by atoms with Gasteiger partial charge in [0.15, 0.2) is 0 Å². The smallest absolute Gasteiger partial charge is 0.224 e. The zero-order valence-corrected chi connectivity index (χ0v) is 10.2. The topological polar surface area (TPSA) is 67.2 Å². The van der Waals surface area contributed by atoms with Gasteiger partial charge >= 0.3 is 0 Å². The monoisotopic (exact) mass is 237 g/mol. The molecule has 17 heavy (non-hydrogen) atoms. The molecular formula is C12H19N3O2. The highest BCUT2D eigenvalue weighted by Gasteiger charge is 2.20. The summed E-state index contributed by atoms with van der Waals surface area (Å²) in [6.45, 7) is 4.19. The molecule has 94 valence electrons. The second-order valence-electron chi connectivity index (χ2n) is 4.33. The number of nitrogens with one attached hydrogen (secondary N) is 2. The number of hydrogen-bond donors (Lipinski definition) is 2. The van der Waals surface area contributed by atoms with Crippen molar-refractivity contribution < 1.29 is 9.21 Å². The van der Waals surface area contributed by atoms with E-state index in [2.05, 4.69) is 15.6 Å². The Morgan fingerprint density at radius 2 is 2.59 bits per heavy atom. The van der Waals surface area contributed by atoms with E-state index >= 15 is 0 Å². The maximum atomic E-state index is 11.8. The fraction of sp³-hybridized carbons (Fsp3) is 0.667. The normalized spacial score (nSPS) is 20.2. The molecule has 0 radical (unpaired) electrons. The number of rotatable bonds is 4. The van der Waals surface area contributed by atoms with E-state index in [1.165, 1.54) is 0 Å². The third-order valence-corrected chi connectivity index (χ3v) is 3.03. The Morgan fingerprint density at radius 1 is 1.71 bits per heavy atom. The molecule has 0 aliphatic carbocycles. The SMILES string of the molecule is CCc1cnc(CNC(=O)[C@H]2CCCNC2)o1. The standard InChI is InChI=1S/C12H19N3O2/c1-2-10-7-14-11(17-10)8-15-12(16)9-4-3-5-13-6-9/h7,9,13H,2-6,8H2,1H3,(H,15,16)/t9-/m0/s1. The minimum Gasteiger partial charge on any atom is -0.444 e. The van der Waals surface area contributed by atoms with Crippen LogP contribution in [0.3, 0.4) is 0 Å². The highest BCUT2D eigenvalue weighted by molar-refractivity contribution is 5.78. The van der Waals surface area contributed by atoms with Gasteiger partial charge < -0.3 is 15.1 Å². The minimum atomic E-state index is 0.0874. The number of aryl methyl sites for hydroxylation is 1. The van der Waals surface area contributed by atoms with Crippen molar-refractivity contribution >= 4 is 5.91 Å². The number of hydrogen-bond acceptors (Lipinski definition) is 4. The average molecular weight is 237 g/mol. The first-order valence-electron chi connectivity index (χ1n) is 6.21. The molecular weight excluding hydrogens is 218 g/mol.